The molecule has 166 valence electrons. The average Bonchev–Trinajstić information content (AvgIpc) is 3.24. The van der Waals surface area contributed by atoms with Gasteiger partial charge in [-0.2, -0.15) is 0 Å². The van der Waals surface area contributed by atoms with Gasteiger partial charge in [0.2, 0.25) is 0 Å². The minimum Gasteiger partial charge on any atom is -0.494 e. The van der Waals surface area contributed by atoms with E-state index >= 15 is 0 Å². The molecule has 0 unspecified atom stereocenters. The molecule has 0 bridgehead atoms. The first-order valence-electron chi connectivity index (χ1n) is 9.79. The van der Waals surface area contributed by atoms with Gasteiger partial charge in [-0.25, -0.2) is 0 Å². The third-order valence-electron chi connectivity index (χ3n) is 4.70. The van der Waals surface area contributed by atoms with E-state index in [-0.39, 0.29) is 16.8 Å². The van der Waals surface area contributed by atoms with Crippen LogP contribution in [-0.2, 0) is 0 Å². The third-order valence-corrected chi connectivity index (χ3v) is 5.85. The lowest BCUT2D eigenvalue weighted by atomic mass is 10.2. The molecule has 2 amide bonds. The molecule has 4 aromatic rings. The average molecular weight is 571 g/mol. The first kappa shape index (κ1) is 22.7. The summed E-state index contributed by atoms with van der Waals surface area (Å²) in [5.41, 5.74) is 2.21. The second-order valence-electron chi connectivity index (χ2n) is 6.91. The van der Waals surface area contributed by atoms with Crippen LogP contribution in [0.5, 0.6) is 5.75 Å². The molecule has 0 atom stereocenters. The summed E-state index contributed by atoms with van der Waals surface area (Å²) in [5, 5.41) is 9.38. The van der Waals surface area contributed by atoms with Crippen molar-refractivity contribution in [1.29, 1.82) is 0 Å². The van der Waals surface area contributed by atoms with Crippen LogP contribution in [0.3, 0.4) is 0 Å². The quantitative estimate of drug-likeness (QED) is 0.219. The van der Waals surface area contributed by atoms with Gasteiger partial charge in [-0.1, -0.05) is 30.3 Å². The molecule has 9 heteroatoms. The van der Waals surface area contributed by atoms with Crippen molar-refractivity contribution in [2.45, 2.75) is 0 Å². The van der Waals surface area contributed by atoms with Gasteiger partial charge in [0.1, 0.15) is 11.3 Å². The van der Waals surface area contributed by atoms with Crippen molar-refractivity contribution in [3.63, 3.8) is 0 Å². The second kappa shape index (κ2) is 10.0. The summed E-state index contributed by atoms with van der Waals surface area (Å²) < 4.78 is 11.8. The smallest absolute Gasteiger partial charge is 0.291 e. The van der Waals surface area contributed by atoms with E-state index in [1.165, 1.54) is 7.11 Å². The third kappa shape index (κ3) is 5.32. The normalized spacial score (nSPS) is 10.5. The molecule has 1 aromatic heterocycles. The Hall–Kier alpha value is -3.44. The molecule has 3 N–H and O–H groups in total. The number of anilines is 2. The lowest BCUT2D eigenvalue weighted by molar-refractivity contribution is 0.0974. The number of methoxy groups -OCH3 is 1. The molecule has 0 saturated carbocycles. The van der Waals surface area contributed by atoms with Crippen molar-refractivity contribution >= 4 is 74.1 Å². The van der Waals surface area contributed by atoms with E-state index in [4.69, 9.17) is 21.4 Å². The van der Waals surface area contributed by atoms with Gasteiger partial charge in [-0.15, -0.1) is 0 Å². The number of halogens is 1. The van der Waals surface area contributed by atoms with Crippen LogP contribution in [0.1, 0.15) is 20.9 Å². The lowest BCUT2D eigenvalue weighted by Gasteiger charge is -2.14. The Labute approximate surface area is 208 Å². The van der Waals surface area contributed by atoms with Gasteiger partial charge in [-0.05, 0) is 71.2 Å². The Morgan fingerprint density at radius 1 is 0.939 bits per heavy atom. The van der Waals surface area contributed by atoms with Gasteiger partial charge < -0.3 is 19.8 Å². The van der Waals surface area contributed by atoms with Crippen LogP contribution in [0.25, 0.3) is 11.0 Å². The van der Waals surface area contributed by atoms with E-state index in [9.17, 15) is 9.59 Å². The zero-order chi connectivity index (χ0) is 23.4. The molecule has 1 heterocycles. The zero-order valence-electron chi connectivity index (χ0n) is 17.3. The molecule has 0 aliphatic carbocycles. The molecule has 33 heavy (non-hydrogen) atoms. The number of nitrogens with one attached hydrogen (secondary N) is 3. The number of carbonyl (C=O) groups is 2. The maximum absolute atomic E-state index is 12.7. The maximum Gasteiger partial charge on any atom is 0.291 e. The number of rotatable bonds is 5. The second-order valence-corrected chi connectivity index (χ2v) is 8.48. The lowest BCUT2D eigenvalue weighted by Crippen LogP contribution is -2.34. The molecule has 4 rings (SSSR count). The number of hydrogen-bond acceptors (Lipinski definition) is 5. The van der Waals surface area contributed by atoms with Gasteiger partial charge in [0.15, 0.2) is 10.9 Å². The Balaban J connectivity index is 1.44. The molecule has 0 aliphatic heterocycles. The number of thiocarbonyl (C=S) groups is 1. The van der Waals surface area contributed by atoms with Crippen LogP contribution >= 0.6 is 34.8 Å². The molecule has 0 saturated heterocycles. The number of ether oxygens (including phenoxy) is 1. The highest BCUT2D eigenvalue weighted by Crippen LogP contribution is 2.29. The Kier molecular flexibility index (Phi) is 6.90. The van der Waals surface area contributed by atoms with Crippen LogP contribution in [0.2, 0.25) is 0 Å². The minimum atomic E-state index is -0.398. The van der Waals surface area contributed by atoms with Crippen molar-refractivity contribution in [1.82, 2.24) is 5.32 Å². The highest BCUT2D eigenvalue weighted by atomic mass is 127. The fourth-order valence-electron chi connectivity index (χ4n) is 3.13. The van der Waals surface area contributed by atoms with Crippen LogP contribution in [-0.4, -0.2) is 24.0 Å². The van der Waals surface area contributed by atoms with Gasteiger partial charge in [0, 0.05) is 20.7 Å². The highest BCUT2D eigenvalue weighted by molar-refractivity contribution is 14.1. The number of amides is 2. The summed E-state index contributed by atoms with van der Waals surface area (Å²) in [6, 6.07) is 21.3. The van der Waals surface area contributed by atoms with E-state index in [1.54, 1.807) is 42.5 Å². The van der Waals surface area contributed by atoms with E-state index in [2.05, 4.69) is 38.5 Å². The van der Waals surface area contributed by atoms with Crippen molar-refractivity contribution in [3.8, 4) is 5.75 Å². The standard InChI is InChI=1S/C24H18IN3O4S/c1-31-20-13-15(26-24(33)28-22(29)16-7-3-4-8-17(16)25)10-11-18(20)27-23(30)21-12-14-6-2-5-9-19(14)32-21/h2-13H,1H3,(H,27,30)(H2,26,28,29,33). The van der Waals surface area contributed by atoms with E-state index in [0.717, 1.165) is 8.96 Å². The van der Waals surface area contributed by atoms with Gasteiger partial charge >= 0.3 is 0 Å². The summed E-state index contributed by atoms with van der Waals surface area (Å²) in [5.74, 6) is -0.0966. The van der Waals surface area contributed by atoms with Crippen LogP contribution in [0, 0.1) is 3.57 Å². The molecular formula is C24H18IN3O4S. The van der Waals surface area contributed by atoms with Crippen LogP contribution in [0.15, 0.2) is 77.2 Å². The SMILES string of the molecule is COc1cc(NC(=S)NC(=O)c2ccccc2I)ccc1NC(=O)c1cc2ccccc2o1. The zero-order valence-corrected chi connectivity index (χ0v) is 20.3. The molecule has 0 aliphatic rings. The largest absolute Gasteiger partial charge is 0.494 e. The van der Waals surface area contributed by atoms with Crippen molar-refractivity contribution in [2.75, 3.05) is 17.7 Å². The number of hydrogen-bond donors (Lipinski definition) is 3. The van der Waals surface area contributed by atoms with Crippen molar-refractivity contribution in [2.24, 2.45) is 0 Å². The monoisotopic (exact) mass is 571 g/mol. The Morgan fingerprint density at radius 2 is 1.70 bits per heavy atom. The fourth-order valence-corrected chi connectivity index (χ4v) is 3.97. The van der Waals surface area contributed by atoms with Gasteiger partial charge in [0.05, 0.1) is 18.4 Å². The Morgan fingerprint density at radius 3 is 2.45 bits per heavy atom. The molecule has 7 nitrogen and oxygen atoms in total. The van der Waals surface area contributed by atoms with Crippen molar-refractivity contribution < 1.29 is 18.7 Å². The number of para-hydroxylation sites is 1. The van der Waals surface area contributed by atoms with Gasteiger partial charge in [0.25, 0.3) is 11.8 Å². The topological polar surface area (TPSA) is 92.6 Å². The number of furan rings is 1. The maximum atomic E-state index is 12.7. The summed E-state index contributed by atoms with van der Waals surface area (Å²) in [7, 11) is 1.49. The Bertz CT molecular complexity index is 1340. The summed E-state index contributed by atoms with van der Waals surface area (Å²) in [4.78, 5) is 25.1. The minimum absolute atomic E-state index is 0.140. The number of benzene rings is 3. The number of fused-ring (bicyclic) bond motifs is 1. The highest BCUT2D eigenvalue weighted by Gasteiger charge is 2.16. The van der Waals surface area contributed by atoms with Gasteiger partial charge in [-0.3, -0.25) is 14.9 Å². The van der Waals surface area contributed by atoms with Crippen LogP contribution in [0.4, 0.5) is 11.4 Å². The van der Waals surface area contributed by atoms with E-state index in [1.807, 2.05) is 30.3 Å². The van der Waals surface area contributed by atoms with Crippen LogP contribution < -0.4 is 20.7 Å². The summed E-state index contributed by atoms with van der Waals surface area (Å²) >= 11 is 7.36. The summed E-state index contributed by atoms with van der Waals surface area (Å²) in [6.07, 6.45) is 0. The fraction of sp³-hybridized carbons (Fsp3) is 0.0417. The molecule has 0 spiro atoms. The molecule has 3 aromatic carbocycles. The number of carbonyl (C=O) groups excluding carboxylic acids is 2. The first-order valence-corrected chi connectivity index (χ1v) is 11.3. The van der Waals surface area contributed by atoms with Crippen molar-refractivity contribution in [3.05, 3.63) is 87.7 Å². The molecule has 0 fully saturated rings. The van der Waals surface area contributed by atoms with E-state index < -0.39 is 5.91 Å². The predicted molar refractivity (Wildman–Crippen MR) is 140 cm³/mol. The van der Waals surface area contributed by atoms with E-state index in [0.29, 0.717) is 28.3 Å². The predicted octanol–water partition coefficient (Wildman–Crippen LogP) is 5.43. The summed E-state index contributed by atoms with van der Waals surface area (Å²) in [6.45, 7) is 0. The molecular weight excluding hydrogens is 553 g/mol. The first-order chi connectivity index (χ1) is 15.9. The molecule has 0 radical (unpaired) electrons.